The molecule has 0 heterocycles. The first-order valence-electron chi connectivity index (χ1n) is 13.0. The molecule has 0 amide bonds. The molecule has 0 spiro atoms. The minimum Gasteiger partial charge on any atom is -0.447 e. The first-order valence-corrected chi connectivity index (χ1v) is 13.0. The van der Waals surface area contributed by atoms with Crippen molar-refractivity contribution < 1.29 is 66.9 Å². The molecular formula is C32H16F12O3. The van der Waals surface area contributed by atoms with E-state index in [2.05, 4.69) is 14.2 Å². The first-order chi connectivity index (χ1) is 22.0. The third-order valence-electron chi connectivity index (χ3n) is 7.02. The molecule has 1 aliphatic carbocycles. The van der Waals surface area contributed by atoms with Crippen molar-refractivity contribution >= 4 is 5.83 Å². The van der Waals surface area contributed by atoms with Gasteiger partial charge in [0.15, 0.2) is 5.83 Å². The van der Waals surface area contributed by atoms with Crippen LogP contribution in [-0.2, 0) is 0 Å². The van der Waals surface area contributed by atoms with E-state index in [9.17, 15) is 43.9 Å². The van der Waals surface area contributed by atoms with Gasteiger partial charge in [-0.05, 0) is 58.7 Å². The predicted octanol–water partition coefficient (Wildman–Crippen LogP) is 11.0. The van der Waals surface area contributed by atoms with Crippen molar-refractivity contribution in [2.75, 3.05) is 0 Å². The maximum absolute atomic E-state index is 15.6. The van der Waals surface area contributed by atoms with Crippen molar-refractivity contribution in [1.29, 1.82) is 0 Å². The Labute approximate surface area is 256 Å². The van der Waals surface area contributed by atoms with Gasteiger partial charge in [0.05, 0.1) is 0 Å². The zero-order chi connectivity index (χ0) is 34.4. The van der Waals surface area contributed by atoms with E-state index in [1.807, 2.05) is 0 Å². The van der Waals surface area contributed by atoms with Gasteiger partial charge in [-0.2, -0.15) is 48.3 Å². The first kappa shape index (κ1) is 33.3. The summed E-state index contributed by atoms with van der Waals surface area (Å²) in [6.45, 7) is 0. The number of hydrogen-bond acceptors (Lipinski definition) is 3. The highest BCUT2D eigenvalue weighted by Gasteiger charge is 3.03. The van der Waals surface area contributed by atoms with Crippen LogP contribution < -0.4 is 14.2 Å². The number of halogens is 12. The summed E-state index contributed by atoms with van der Waals surface area (Å²) in [7, 11) is 0. The second kappa shape index (κ2) is 11.9. The lowest BCUT2D eigenvalue weighted by Gasteiger charge is -2.55. The molecule has 0 saturated heterocycles. The van der Waals surface area contributed by atoms with E-state index in [0.717, 1.165) is 72.8 Å². The van der Waals surface area contributed by atoms with Gasteiger partial charge in [-0.15, -0.1) is 0 Å². The molecule has 15 heteroatoms. The van der Waals surface area contributed by atoms with Crippen LogP contribution in [0, 0.1) is 0 Å². The summed E-state index contributed by atoms with van der Waals surface area (Å²) in [5, 5.41) is 0. The van der Waals surface area contributed by atoms with Crippen molar-refractivity contribution in [3.05, 3.63) is 121 Å². The molecule has 0 bridgehead atoms. The highest BCUT2D eigenvalue weighted by molar-refractivity contribution is 5.68. The molecule has 2 unspecified atom stereocenters. The lowest BCUT2D eigenvalue weighted by atomic mass is 9.76. The van der Waals surface area contributed by atoms with Gasteiger partial charge < -0.3 is 14.2 Å². The Bertz CT molecular complexity index is 1820. The topological polar surface area (TPSA) is 27.7 Å². The summed E-state index contributed by atoms with van der Waals surface area (Å²) < 4.78 is 178. The highest BCUT2D eigenvalue weighted by Crippen LogP contribution is 2.68. The second-order valence-corrected chi connectivity index (χ2v) is 9.90. The van der Waals surface area contributed by atoms with E-state index in [1.54, 1.807) is 0 Å². The zero-order valence-corrected chi connectivity index (χ0v) is 23.0. The average Bonchev–Trinajstić information content (AvgIpc) is 3.05. The fourth-order valence-electron chi connectivity index (χ4n) is 4.54. The third kappa shape index (κ3) is 5.63. The molecule has 3 nitrogen and oxygen atoms in total. The van der Waals surface area contributed by atoms with E-state index >= 15 is 8.78 Å². The number of ether oxygens (including phenoxy) is 3. The Morgan fingerprint density at radius 1 is 0.404 bits per heavy atom. The van der Waals surface area contributed by atoms with Crippen LogP contribution >= 0.6 is 0 Å². The Morgan fingerprint density at radius 2 is 0.723 bits per heavy atom. The summed E-state index contributed by atoms with van der Waals surface area (Å²) in [6, 6.07) is 15.2. The smallest absolute Gasteiger partial charge is 0.395 e. The van der Waals surface area contributed by atoms with Gasteiger partial charge in [-0.3, -0.25) is 0 Å². The zero-order valence-electron chi connectivity index (χ0n) is 23.0. The Balaban J connectivity index is 1.33. The summed E-state index contributed by atoms with van der Waals surface area (Å²) in [4.78, 5) is 0. The van der Waals surface area contributed by atoms with Crippen LogP contribution in [0.5, 0.6) is 17.2 Å². The van der Waals surface area contributed by atoms with Crippen LogP contribution in [0.25, 0.3) is 28.1 Å². The Hall–Kier alpha value is -5.08. The van der Waals surface area contributed by atoms with E-state index in [4.69, 9.17) is 0 Å². The fourth-order valence-corrected chi connectivity index (χ4v) is 4.54. The van der Waals surface area contributed by atoms with Crippen LogP contribution in [-0.4, -0.2) is 23.6 Å². The van der Waals surface area contributed by atoms with Crippen molar-refractivity contribution in [3.8, 4) is 39.5 Å². The van der Waals surface area contributed by atoms with Gasteiger partial charge in [0.2, 0.25) is 0 Å². The Morgan fingerprint density at radius 3 is 1.04 bits per heavy atom. The number of benzene rings is 4. The predicted molar refractivity (Wildman–Crippen MR) is 144 cm³/mol. The van der Waals surface area contributed by atoms with Crippen LogP contribution in [0.4, 0.5) is 52.7 Å². The molecule has 2 atom stereocenters. The van der Waals surface area contributed by atoms with Crippen molar-refractivity contribution in [3.63, 3.8) is 0 Å². The van der Waals surface area contributed by atoms with Crippen LogP contribution in [0.2, 0.25) is 0 Å². The minimum absolute atomic E-state index is 0.260. The molecule has 4 aromatic carbocycles. The van der Waals surface area contributed by atoms with Crippen LogP contribution in [0.3, 0.4) is 0 Å². The normalized spacial score (nSPS) is 20.9. The second-order valence-electron chi connectivity index (χ2n) is 9.90. The van der Waals surface area contributed by atoms with Crippen molar-refractivity contribution in [1.82, 2.24) is 0 Å². The van der Waals surface area contributed by atoms with Gasteiger partial charge in [0.25, 0.3) is 0 Å². The molecule has 0 aromatic heterocycles. The highest BCUT2D eigenvalue weighted by atomic mass is 19.3. The monoisotopic (exact) mass is 676 g/mol. The van der Waals surface area contributed by atoms with Crippen LogP contribution in [0.15, 0.2) is 115 Å². The maximum Gasteiger partial charge on any atom is 0.395 e. The minimum atomic E-state index is -5.71. The molecular weight excluding hydrogens is 660 g/mol. The van der Waals surface area contributed by atoms with E-state index in [1.165, 1.54) is 24.3 Å². The summed E-state index contributed by atoms with van der Waals surface area (Å²) in [6.07, 6.45) is -5.22. The maximum atomic E-state index is 15.6. The van der Waals surface area contributed by atoms with Crippen molar-refractivity contribution in [2.24, 2.45) is 0 Å². The molecule has 0 aliphatic heterocycles. The van der Waals surface area contributed by atoms with Crippen molar-refractivity contribution in [2.45, 2.75) is 23.6 Å². The lowest BCUT2D eigenvalue weighted by Crippen LogP contribution is -2.89. The quantitative estimate of drug-likeness (QED) is 0.130. The van der Waals surface area contributed by atoms with Crippen LogP contribution in [0.1, 0.15) is 5.56 Å². The fraction of sp³-hybridized carbons (Fsp3) is 0.125. The molecule has 0 N–H and O–H groups in total. The molecule has 1 saturated carbocycles. The van der Waals surface area contributed by atoms with Gasteiger partial charge in [0.1, 0.15) is 17.2 Å². The summed E-state index contributed by atoms with van der Waals surface area (Å²) in [5.74, 6) is -25.2. The summed E-state index contributed by atoms with van der Waals surface area (Å²) >= 11 is 0. The number of alkyl halides is 6. The van der Waals surface area contributed by atoms with E-state index < -0.39 is 64.6 Å². The molecule has 0 radical (unpaired) electrons. The molecule has 5 rings (SSSR count). The molecule has 1 aliphatic rings. The Kier molecular flexibility index (Phi) is 8.45. The largest absolute Gasteiger partial charge is 0.447 e. The molecule has 4 aromatic rings. The van der Waals surface area contributed by atoms with Gasteiger partial charge in [0, 0.05) is 5.56 Å². The number of rotatable bonds is 9. The van der Waals surface area contributed by atoms with E-state index in [-0.39, 0.29) is 16.9 Å². The summed E-state index contributed by atoms with van der Waals surface area (Å²) in [5.41, 5.74) is 0.751. The average molecular weight is 676 g/mol. The van der Waals surface area contributed by atoms with Gasteiger partial charge in [-0.1, -0.05) is 60.7 Å². The molecule has 47 heavy (non-hydrogen) atoms. The SMILES string of the molecule is FC(F)=C(F)Oc1ccc(-c2ccc(OC3(F)C(F)(F)C(F)(F)C3(F)Oc3ccc(-c4ccc(C(F)=C(F)F)cc4)cc3)cc2)cc1. The van der Waals surface area contributed by atoms with Gasteiger partial charge in [-0.25, -0.2) is 4.39 Å². The standard InChI is InChI=1S/C32H16F12O3/c33-25(26(34)35)21-3-1-17(2-4-21)19-7-13-23(14-8-19)46-31(43)29(39,40)30(41,42)32(31,44)47-24-15-9-20(10-16-24)18-5-11-22(12-6-18)45-28(38)27(36)37/h1-16H. The molecule has 1 fully saturated rings. The van der Waals surface area contributed by atoms with Gasteiger partial charge >= 0.3 is 41.7 Å². The lowest BCUT2D eigenvalue weighted by molar-refractivity contribution is -0.527. The molecule has 246 valence electrons. The number of hydrogen-bond donors (Lipinski definition) is 0. The van der Waals surface area contributed by atoms with E-state index in [0.29, 0.717) is 11.1 Å². The third-order valence-corrected chi connectivity index (χ3v) is 7.02.